The highest BCUT2D eigenvalue weighted by atomic mass is 16.2. The third kappa shape index (κ3) is 2.39. The monoisotopic (exact) mass is 443 g/mol. The molecule has 1 saturated heterocycles. The number of nitrogens with one attached hydrogen (secondary N) is 1. The van der Waals surface area contributed by atoms with Crippen LogP contribution in [0.5, 0.6) is 0 Å². The fourth-order valence-electron chi connectivity index (χ4n) is 5.60. The fourth-order valence-corrected chi connectivity index (χ4v) is 5.60. The Labute approximate surface area is 188 Å². The van der Waals surface area contributed by atoms with Crippen molar-refractivity contribution in [2.45, 2.75) is 25.8 Å². The summed E-state index contributed by atoms with van der Waals surface area (Å²) in [5.74, 6) is -0.788. The highest BCUT2D eigenvalue weighted by Gasteiger charge is 2.63. The van der Waals surface area contributed by atoms with Crippen molar-refractivity contribution in [3.05, 3.63) is 75.2 Å². The minimum atomic E-state index is -1.66. The number of pyridine rings is 1. The van der Waals surface area contributed by atoms with E-state index in [4.69, 9.17) is 4.98 Å². The molecule has 0 bridgehead atoms. The van der Waals surface area contributed by atoms with Crippen LogP contribution in [0.3, 0.4) is 0 Å². The summed E-state index contributed by atoms with van der Waals surface area (Å²) in [6.45, 7) is 2.38. The van der Waals surface area contributed by atoms with Crippen molar-refractivity contribution >= 4 is 29.3 Å². The van der Waals surface area contributed by atoms with E-state index >= 15 is 0 Å². The van der Waals surface area contributed by atoms with E-state index in [0.29, 0.717) is 30.0 Å². The van der Waals surface area contributed by atoms with Gasteiger partial charge < -0.3 is 4.90 Å². The molecule has 6 rings (SSSR count). The lowest BCUT2D eigenvalue weighted by atomic mass is 9.65. The van der Waals surface area contributed by atoms with Crippen molar-refractivity contribution in [1.29, 1.82) is 0 Å². The number of aryl methyl sites for hydroxylation is 1. The van der Waals surface area contributed by atoms with Crippen molar-refractivity contribution in [2.75, 3.05) is 18.5 Å². The number of carbonyl (C=O) groups is 3. The normalized spacial score (nSPS) is 23.9. The summed E-state index contributed by atoms with van der Waals surface area (Å²) in [5.41, 5.74) is 1.61. The molecule has 5 heterocycles. The average molecular weight is 443 g/mol. The second kappa shape index (κ2) is 6.50. The Kier molecular flexibility index (Phi) is 3.87. The van der Waals surface area contributed by atoms with E-state index in [1.54, 1.807) is 12.3 Å². The molecular formula is C24H21N5O4. The number of imide groups is 2. The molecule has 1 aromatic carbocycles. The van der Waals surface area contributed by atoms with E-state index in [2.05, 4.69) is 5.32 Å². The summed E-state index contributed by atoms with van der Waals surface area (Å²) < 4.78 is 1.46. The van der Waals surface area contributed by atoms with E-state index < -0.39 is 29.3 Å². The van der Waals surface area contributed by atoms with Gasteiger partial charge in [0.05, 0.1) is 11.6 Å². The first-order valence-corrected chi connectivity index (χ1v) is 10.8. The summed E-state index contributed by atoms with van der Waals surface area (Å²) in [7, 11) is 1.36. The van der Waals surface area contributed by atoms with Crippen LogP contribution in [-0.2, 0) is 22.4 Å². The van der Waals surface area contributed by atoms with Crippen LogP contribution in [0.1, 0.15) is 28.3 Å². The number of urea groups is 1. The maximum atomic E-state index is 13.7. The van der Waals surface area contributed by atoms with Gasteiger partial charge in [-0.15, -0.1) is 0 Å². The second-order valence-electron chi connectivity index (χ2n) is 8.92. The van der Waals surface area contributed by atoms with E-state index in [-0.39, 0.29) is 12.0 Å². The van der Waals surface area contributed by atoms with Gasteiger partial charge in [0.15, 0.2) is 5.41 Å². The van der Waals surface area contributed by atoms with Crippen LogP contribution in [-0.4, -0.2) is 45.7 Å². The fraction of sp³-hybridized carbons (Fsp3) is 0.292. The van der Waals surface area contributed by atoms with Gasteiger partial charge in [-0.25, -0.2) is 9.78 Å². The van der Waals surface area contributed by atoms with Crippen LogP contribution in [0, 0.1) is 12.3 Å². The van der Waals surface area contributed by atoms with Crippen LogP contribution >= 0.6 is 0 Å². The Bertz CT molecular complexity index is 1460. The molecule has 4 amide bonds. The third-order valence-corrected chi connectivity index (χ3v) is 7.22. The Morgan fingerprint density at radius 2 is 1.88 bits per heavy atom. The number of amides is 4. The van der Waals surface area contributed by atoms with Gasteiger partial charge in [0, 0.05) is 26.2 Å². The second-order valence-corrected chi connectivity index (χ2v) is 8.92. The lowest BCUT2D eigenvalue weighted by Gasteiger charge is -2.52. The van der Waals surface area contributed by atoms with Crippen molar-refractivity contribution in [3.63, 3.8) is 0 Å². The molecule has 166 valence electrons. The number of fused-ring (bicyclic) bond motifs is 7. The molecule has 1 spiro atoms. The molecule has 0 unspecified atom stereocenters. The molecule has 1 fully saturated rings. The number of hydrogen-bond donors (Lipinski definition) is 1. The standard InChI is InChI=1S/C24H21N5O4/c1-13-6-5-10-29-18(13)25-19-16(20(29)30)12-24(21(31)26-23(33)27(2)22(24)32)17-15-8-4-3-7-14(15)9-11-28(17)19/h3-8,10,17H,9,11-12H2,1-2H3,(H,26,31,33)/t17-,24+/m1/s1. The zero-order valence-electron chi connectivity index (χ0n) is 18.2. The first-order chi connectivity index (χ1) is 15.8. The zero-order chi connectivity index (χ0) is 23.1. The third-order valence-electron chi connectivity index (χ3n) is 7.22. The number of rotatable bonds is 0. The van der Waals surface area contributed by atoms with Crippen LogP contribution in [0.15, 0.2) is 47.4 Å². The number of aromatic nitrogens is 2. The highest BCUT2D eigenvalue weighted by Crippen LogP contribution is 2.52. The highest BCUT2D eigenvalue weighted by molar-refractivity contribution is 6.20. The van der Waals surface area contributed by atoms with Crippen molar-refractivity contribution in [2.24, 2.45) is 5.41 Å². The van der Waals surface area contributed by atoms with E-state index in [9.17, 15) is 19.2 Å². The molecule has 2 atom stereocenters. The van der Waals surface area contributed by atoms with Gasteiger partial charge in [-0.05, 0) is 36.1 Å². The van der Waals surface area contributed by atoms with Crippen LogP contribution in [0.25, 0.3) is 5.65 Å². The quantitative estimate of drug-likeness (QED) is 0.526. The summed E-state index contributed by atoms with van der Waals surface area (Å²) >= 11 is 0. The molecule has 9 heteroatoms. The van der Waals surface area contributed by atoms with Gasteiger partial charge in [0.1, 0.15) is 11.5 Å². The molecule has 2 aromatic heterocycles. The SMILES string of the molecule is Cc1cccn2c(=O)c3c(nc12)N1CCc2ccccc2[C@@H]1[C@@]1(C3)C(=O)NC(=O)N(C)C1=O. The van der Waals surface area contributed by atoms with E-state index in [1.165, 1.54) is 11.4 Å². The number of barbiturate groups is 1. The van der Waals surface area contributed by atoms with Gasteiger partial charge in [-0.1, -0.05) is 30.3 Å². The first kappa shape index (κ1) is 19.7. The van der Waals surface area contributed by atoms with E-state index in [0.717, 1.165) is 21.6 Å². The smallest absolute Gasteiger partial charge is 0.330 e. The Morgan fingerprint density at radius 3 is 2.70 bits per heavy atom. The molecule has 0 aliphatic carbocycles. The number of anilines is 1. The van der Waals surface area contributed by atoms with Gasteiger partial charge >= 0.3 is 6.03 Å². The zero-order valence-corrected chi connectivity index (χ0v) is 18.2. The lowest BCUT2D eigenvalue weighted by molar-refractivity contribution is -0.153. The van der Waals surface area contributed by atoms with Gasteiger partial charge in [-0.3, -0.25) is 29.0 Å². The predicted molar refractivity (Wildman–Crippen MR) is 119 cm³/mol. The minimum absolute atomic E-state index is 0.136. The molecule has 1 N–H and O–H groups in total. The summed E-state index contributed by atoms with van der Waals surface area (Å²) in [5, 5.41) is 2.35. The molecule has 3 aliphatic rings. The van der Waals surface area contributed by atoms with E-state index in [1.807, 2.05) is 42.2 Å². The molecule has 9 nitrogen and oxygen atoms in total. The van der Waals surface area contributed by atoms with Crippen LogP contribution in [0.4, 0.5) is 10.6 Å². The summed E-state index contributed by atoms with van der Waals surface area (Å²) in [6, 6.07) is 9.91. The topological polar surface area (TPSA) is 104 Å². The maximum absolute atomic E-state index is 13.7. The van der Waals surface area contributed by atoms with Gasteiger partial charge in [0.2, 0.25) is 11.8 Å². The molecule has 0 saturated carbocycles. The molecule has 3 aliphatic heterocycles. The predicted octanol–water partition coefficient (Wildman–Crippen LogP) is 1.36. The molecular weight excluding hydrogens is 422 g/mol. The van der Waals surface area contributed by atoms with Crippen molar-refractivity contribution in [1.82, 2.24) is 19.6 Å². The summed E-state index contributed by atoms with van der Waals surface area (Å²) in [6.07, 6.45) is 2.19. The first-order valence-electron chi connectivity index (χ1n) is 10.8. The Balaban J connectivity index is 1.70. The largest absolute Gasteiger partial charge is 0.347 e. The van der Waals surface area contributed by atoms with Crippen molar-refractivity contribution < 1.29 is 14.4 Å². The maximum Gasteiger partial charge on any atom is 0.330 e. The number of carbonyl (C=O) groups excluding carboxylic acids is 3. The van der Waals surface area contributed by atoms with Crippen LogP contribution in [0.2, 0.25) is 0 Å². The Hall–Kier alpha value is -4.01. The molecule has 33 heavy (non-hydrogen) atoms. The molecule has 0 radical (unpaired) electrons. The van der Waals surface area contributed by atoms with Gasteiger partial charge in [-0.2, -0.15) is 0 Å². The van der Waals surface area contributed by atoms with Crippen LogP contribution < -0.4 is 15.8 Å². The number of benzene rings is 1. The number of hydrogen-bond acceptors (Lipinski definition) is 6. The molecule has 3 aromatic rings. The Morgan fingerprint density at radius 1 is 1.09 bits per heavy atom. The average Bonchev–Trinajstić information content (AvgIpc) is 2.82. The van der Waals surface area contributed by atoms with Gasteiger partial charge in [0.25, 0.3) is 5.56 Å². The minimum Gasteiger partial charge on any atom is -0.347 e. The lowest BCUT2D eigenvalue weighted by Crippen LogP contribution is -2.69. The number of nitrogens with zero attached hydrogens (tertiary/aromatic N) is 4. The summed E-state index contributed by atoms with van der Waals surface area (Å²) in [4.78, 5) is 60.8. The van der Waals surface area contributed by atoms with Crippen molar-refractivity contribution in [3.8, 4) is 0 Å².